The van der Waals surface area contributed by atoms with Crippen molar-refractivity contribution in [1.82, 2.24) is 9.13 Å². The summed E-state index contributed by atoms with van der Waals surface area (Å²) in [4.78, 5) is 4.78. The molecule has 70 heavy (non-hydrogen) atoms. The van der Waals surface area contributed by atoms with Gasteiger partial charge in [0.15, 0.2) is 0 Å². The van der Waals surface area contributed by atoms with E-state index in [4.69, 9.17) is 0 Å². The number of rotatable bonds is 9. The van der Waals surface area contributed by atoms with Crippen molar-refractivity contribution < 1.29 is 0 Å². The van der Waals surface area contributed by atoms with E-state index in [0.29, 0.717) is 0 Å². The number of benzene rings is 11. The van der Waals surface area contributed by atoms with E-state index in [1.807, 2.05) is 0 Å². The van der Waals surface area contributed by atoms with Gasteiger partial charge in [0.1, 0.15) is 0 Å². The van der Waals surface area contributed by atoms with Crippen molar-refractivity contribution in [3.05, 3.63) is 266 Å². The van der Waals surface area contributed by atoms with Gasteiger partial charge in [-0.3, -0.25) is 0 Å². The van der Waals surface area contributed by atoms with Crippen molar-refractivity contribution >= 4 is 88.5 Å². The predicted molar refractivity (Wildman–Crippen MR) is 297 cm³/mol. The average molecular weight is 897 g/mol. The maximum absolute atomic E-state index is 2.43. The Morgan fingerprint density at radius 1 is 0.271 bits per heavy atom. The Hall–Kier alpha value is -9.12. The molecule has 0 spiro atoms. The summed E-state index contributed by atoms with van der Waals surface area (Å²) in [5, 5.41) is 7.26. The first-order valence-corrected chi connectivity index (χ1v) is 24.1. The zero-order valence-corrected chi connectivity index (χ0v) is 39.0. The summed E-state index contributed by atoms with van der Waals surface area (Å²) in [5.74, 6) is 0. The Bertz CT molecular complexity index is 4070. The molecule has 13 rings (SSSR count). The van der Waals surface area contributed by atoms with E-state index < -0.39 is 0 Å². The van der Waals surface area contributed by atoms with Crippen LogP contribution < -0.4 is 9.80 Å². The second kappa shape index (κ2) is 16.9. The van der Waals surface area contributed by atoms with E-state index in [-0.39, 0.29) is 0 Å². The summed E-state index contributed by atoms with van der Waals surface area (Å²) in [7, 11) is 0. The number of para-hydroxylation sites is 4. The fourth-order valence-corrected chi connectivity index (χ4v) is 10.9. The normalized spacial score (nSPS) is 11.6. The third-order valence-corrected chi connectivity index (χ3v) is 13.9. The summed E-state index contributed by atoms with van der Waals surface area (Å²) in [5.41, 5.74) is 18.4. The van der Waals surface area contributed by atoms with Crippen molar-refractivity contribution in [2.75, 3.05) is 9.80 Å². The number of anilines is 6. The monoisotopic (exact) mass is 896 g/mol. The highest BCUT2D eigenvalue weighted by atomic mass is 15.1. The molecule has 0 fully saturated rings. The van der Waals surface area contributed by atoms with Gasteiger partial charge in [-0.15, -0.1) is 0 Å². The molecule has 13 aromatic rings. The third kappa shape index (κ3) is 7.00. The van der Waals surface area contributed by atoms with Crippen LogP contribution in [0.4, 0.5) is 34.1 Å². The van der Waals surface area contributed by atoms with E-state index in [0.717, 1.165) is 62.0 Å². The zero-order valence-electron chi connectivity index (χ0n) is 39.0. The number of hydrogen-bond donors (Lipinski definition) is 0. The first-order valence-electron chi connectivity index (χ1n) is 24.1. The van der Waals surface area contributed by atoms with Gasteiger partial charge in [-0.2, -0.15) is 0 Å². The van der Waals surface area contributed by atoms with Crippen molar-refractivity contribution in [1.29, 1.82) is 0 Å². The van der Waals surface area contributed by atoms with Crippen LogP contribution in [0, 0.1) is 13.8 Å². The first kappa shape index (κ1) is 41.1. The molecule has 0 bridgehead atoms. The quantitative estimate of drug-likeness (QED) is 0.144. The zero-order chi connectivity index (χ0) is 46.7. The predicted octanol–water partition coefficient (Wildman–Crippen LogP) is 18.3. The van der Waals surface area contributed by atoms with Gasteiger partial charge >= 0.3 is 0 Å². The number of fused-ring (bicyclic) bond motifs is 7. The molecule has 0 aliphatic heterocycles. The minimum absolute atomic E-state index is 1.10. The van der Waals surface area contributed by atoms with E-state index in [9.17, 15) is 0 Å². The van der Waals surface area contributed by atoms with Gasteiger partial charge < -0.3 is 18.9 Å². The molecule has 0 unspecified atom stereocenters. The highest BCUT2D eigenvalue weighted by Gasteiger charge is 2.21. The average Bonchev–Trinajstić information content (AvgIpc) is 3.92. The lowest BCUT2D eigenvalue weighted by Gasteiger charge is -2.27. The van der Waals surface area contributed by atoms with Crippen molar-refractivity contribution in [2.24, 2.45) is 0 Å². The fraction of sp³-hybridized carbons (Fsp3) is 0.0303. The number of aromatic nitrogens is 2. The Kier molecular flexibility index (Phi) is 9.91. The van der Waals surface area contributed by atoms with Crippen LogP contribution in [0.2, 0.25) is 0 Å². The molecule has 2 aromatic heterocycles. The van der Waals surface area contributed by atoms with Crippen LogP contribution in [-0.2, 0) is 0 Å². The summed E-state index contributed by atoms with van der Waals surface area (Å²) < 4.78 is 4.86. The Labute approximate surface area is 407 Å². The molecule has 0 N–H and O–H groups in total. The summed E-state index contributed by atoms with van der Waals surface area (Å²) >= 11 is 0. The largest absolute Gasteiger partial charge is 0.310 e. The van der Waals surface area contributed by atoms with Gasteiger partial charge in [-0.1, -0.05) is 140 Å². The maximum atomic E-state index is 2.43. The molecule has 4 heteroatoms. The van der Waals surface area contributed by atoms with E-state index >= 15 is 0 Å². The van der Waals surface area contributed by atoms with Crippen molar-refractivity contribution in [3.63, 3.8) is 0 Å². The Morgan fingerprint density at radius 3 is 1.26 bits per heavy atom. The molecular weight excluding hydrogens is 849 g/mol. The van der Waals surface area contributed by atoms with Crippen LogP contribution in [0.3, 0.4) is 0 Å². The van der Waals surface area contributed by atoms with Gasteiger partial charge in [-0.25, -0.2) is 0 Å². The summed E-state index contributed by atoms with van der Waals surface area (Å²) in [6, 6.07) is 93.0. The molecule has 4 nitrogen and oxygen atoms in total. The Balaban J connectivity index is 0.959. The van der Waals surface area contributed by atoms with Gasteiger partial charge in [-0.05, 0) is 162 Å². The van der Waals surface area contributed by atoms with E-state index in [2.05, 4.69) is 288 Å². The lowest BCUT2D eigenvalue weighted by Crippen LogP contribution is -2.10. The van der Waals surface area contributed by atoms with Crippen molar-refractivity contribution in [2.45, 2.75) is 13.8 Å². The maximum Gasteiger partial charge on any atom is 0.0542 e. The summed E-state index contributed by atoms with van der Waals surface area (Å²) in [6.45, 7) is 4.35. The molecule has 0 amide bonds. The van der Waals surface area contributed by atoms with Crippen LogP contribution in [0.25, 0.3) is 76.9 Å². The lowest BCUT2D eigenvalue weighted by atomic mass is 9.96. The molecular formula is C66H48N4. The van der Waals surface area contributed by atoms with Gasteiger partial charge in [0.2, 0.25) is 0 Å². The van der Waals surface area contributed by atoms with Crippen molar-refractivity contribution in [3.8, 4) is 22.5 Å². The van der Waals surface area contributed by atoms with Crippen LogP contribution in [0.1, 0.15) is 11.1 Å². The molecule has 0 aliphatic carbocycles. The highest BCUT2D eigenvalue weighted by molar-refractivity contribution is 6.12. The standard InChI is InChI=1S/C66H48N4/c1-45-37-46(2)39-55(38-45)67(49-22-8-4-9-23-49)53-33-35-65-61(42-53)58-29-14-16-31-63(58)69(65)51-26-18-27-52(41-51)70-64-32-17-15-30-59(64)62-43-54(34-36-66(62)70)68(50-24-10-5-11-25-50)56-40-48-21-12-13-28-57(48)60(44-56)47-19-6-3-7-20-47/h3-44H,1-2H3. The van der Waals surface area contributed by atoms with Gasteiger partial charge in [0.05, 0.1) is 22.1 Å². The summed E-state index contributed by atoms with van der Waals surface area (Å²) in [6.07, 6.45) is 0. The SMILES string of the molecule is Cc1cc(C)cc(N(c2ccccc2)c2ccc3c(c2)c2ccccc2n3-c2cccc(-n3c4ccccc4c4cc(N(c5ccccc5)c5cc(-c6ccccc6)c6ccccc6c5)ccc43)c2)c1. The highest BCUT2D eigenvalue weighted by Crippen LogP contribution is 2.44. The number of aryl methyl sites for hydroxylation is 2. The minimum atomic E-state index is 1.10. The third-order valence-electron chi connectivity index (χ3n) is 13.9. The van der Waals surface area contributed by atoms with Crippen LogP contribution in [0.5, 0.6) is 0 Å². The van der Waals surface area contributed by atoms with Gasteiger partial charge in [0.25, 0.3) is 0 Å². The van der Waals surface area contributed by atoms with E-state index in [1.165, 1.54) is 60.1 Å². The minimum Gasteiger partial charge on any atom is -0.310 e. The smallest absolute Gasteiger partial charge is 0.0542 e. The fourth-order valence-electron chi connectivity index (χ4n) is 10.9. The van der Waals surface area contributed by atoms with Crippen LogP contribution >= 0.6 is 0 Å². The van der Waals surface area contributed by atoms with Crippen LogP contribution in [0.15, 0.2) is 255 Å². The first-order chi connectivity index (χ1) is 34.5. The van der Waals surface area contributed by atoms with Gasteiger partial charge in [0, 0.05) is 67.0 Å². The molecule has 11 aromatic carbocycles. The molecule has 2 heterocycles. The molecule has 0 saturated carbocycles. The molecule has 0 radical (unpaired) electrons. The molecule has 332 valence electrons. The Morgan fingerprint density at radius 2 is 0.714 bits per heavy atom. The number of hydrogen-bond acceptors (Lipinski definition) is 2. The molecule has 0 saturated heterocycles. The molecule has 0 atom stereocenters. The second-order valence-corrected chi connectivity index (χ2v) is 18.4. The second-order valence-electron chi connectivity index (χ2n) is 18.4. The molecule has 0 aliphatic rings. The lowest BCUT2D eigenvalue weighted by molar-refractivity contribution is 1.13. The van der Waals surface area contributed by atoms with Crippen LogP contribution in [-0.4, -0.2) is 9.13 Å². The number of nitrogens with zero attached hydrogens (tertiary/aromatic N) is 4. The topological polar surface area (TPSA) is 16.3 Å². The van der Waals surface area contributed by atoms with E-state index in [1.54, 1.807) is 0 Å².